The third-order valence-electron chi connectivity index (χ3n) is 3.11. The van der Waals surface area contributed by atoms with E-state index in [0.717, 1.165) is 16.7 Å². The molecule has 0 spiro atoms. The van der Waals surface area contributed by atoms with Crippen LogP contribution in [-0.4, -0.2) is 11.8 Å². The predicted molar refractivity (Wildman–Crippen MR) is 81.4 cm³/mol. The van der Waals surface area contributed by atoms with E-state index in [1.165, 1.54) is 19.1 Å². The highest BCUT2D eigenvalue weighted by atomic mass is 35.5. The smallest absolute Gasteiger partial charge is 0.146 e. The zero-order chi connectivity index (χ0) is 13.8. The highest BCUT2D eigenvalue weighted by molar-refractivity contribution is 5.85. The maximum Gasteiger partial charge on any atom is 0.146 e. The fraction of sp³-hybridized carbons (Fsp3) is 0.188. The maximum absolute atomic E-state index is 12.8. The standard InChI is InChI=1S/C16H16FNO.ClH/c1-11(19)16(18)10-12-2-4-13(5-3-12)14-6-8-15(17)9-7-14;/h2-9,16H,10,18H2,1H3;1H. The number of hydrogen-bond acceptors (Lipinski definition) is 2. The number of ketones is 1. The Morgan fingerprint density at radius 3 is 1.95 bits per heavy atom. The molecule has 2 N–H and O–H groups in total. The lowest BCUT2D eigenvalue weighted by Gasteiger charge is -2.08. The molecule has 1 unspecified atom stereocenters. The molecule has 0 amide bonds. The Labute approximate surface area is 124 Å². The van der Waals surface area contributed by atoms with Gasteiger partial charge in [-0.15, -0.1) is 12.4 Å². The minimum atomic E-state index is -0.448. The van der Waals surface area contributed by atoms with Gasteiger partial charge in [0, 0.05) is 0 Å². The number of hydrogen-bond donors (Lipinski definition) is 1. The van der Waals surface area contributed by atoms with E-state index in [-0.39, 0.29) is 24.0 Å². The average molecular weight is 294 g/mol. The van der Waals surface area contributed by atoms with Crippen molar-refractivity contribution in [2.45, 2.75) is 19.4 Å². The van der Waals surface area contributed by atoms with Crippen LogP contribution in [0.1, 0.15) is 12.5 Å². The van der Waals surface area contributed by atoms with Gasteiger partial charge >= 0.3 is 0 Å². The lowest BCUT2D eigenvalue weighted by molar-refractivity contribution is -0.118. The van der Waals surface area contributed by atoms with Crippen LogP contribution in [0.2, 0.25) is 0 Å². The SMILES string of the molecule is CC(=O)C(N)Cc1ccc(-c2ccc(F)cc2)cc1.Cl. The summed E-state index contributed by atoms with van der Waals surface area (Å²) >= 11 is 0. The molecule has 2 aromatic rings. The van der Waals surface area contributed by atoms with Gasteiger partial charge in [-0.1, -0.05) is 36.4 Å². The minimum absolute atomic E-state index is 0. The van der Waals surface area contributed by atoms with E-state index in [2.05, 4.69) is 0 Å². The summed E-state index contributed by atoms with van der Waals surface area (Å²) in [5, 5.41) is 0. The van der Waals surface area contributed by atoms with E-state index in [0.29, 0.717) is 6.42 Å². The number of carbonyl (C=O) groups is 1. The molecule has 4 heteroatoms. The third kappa shape index (κ3) is 4.15. The van der Waals surface area contributed by atoms with Gasteiger partial charge in [-0.2, -0.15) is 0 Å². The summed E-state index contributed by atoms with van der Waals surface area (Å²) in [7, 11) is 0. The van der Waals surface area contributed by atoms with Crippen LogP contribution in [0.25, 0.3) is 11.1 Å². The Morgan fingerprint density at radius 2 is 1.50 bits per heavy atom. The van der Waals surface area contributed by atoms with E-state index in [4.69, 9.17) is 5.73 Å². The fourth-order valence-corrected chi connectivity index (χ4v) is 1.87. The van der Waals surface area contributed by atoms with Gasteiger partial charge in [0.05, 0.1) is 6.04 Å². The van der Waals surface area contributed by atoms with Crippen LogP contribution in [0.5, 0.6) is 0 Å². The van der Waals surface area contributed by atoms with Gasteiger partial charge in [-0.25, -0.2) is 4.39 Å². The van der Waals surface area contributed by atoms with Gasteiger partial charge in [0.2, 0.25) is 0 Å². The summed E-state index contributed by atoms with van der Waals surface area (Å²) in [6.07, 6.45) is 0.541. The highest BCUT2D eigenvalue weighted by Crippen LogP contribution is 2.20. The van der Waals surface area contributed by atoms with Crippen molar-refractivity contribution in [1.29, 1.82) is 0 Å². The Hall–Kier alpha value is -1.71. The molecular weight excluding hydrogens is 277 g/mol. The van der Waals surface area contributed by atoms with Crippen molar-refractivity contribution < 1.29 is 9.18 Å². The first-order valence-corrected chi connectivity index (χ1v) is 6.17. The molecule has 0 aliphatic rings. The average Bonchev–Trinajstić information content (AvgIpc) is 2.40. The summed E-state index contributed by atoms with van der Waals surface area (Å²) in [4.78, 5) is 11.1. The largest absolute Gasteiger partial charge is 0.321 e. The lowest BCUT2D eigenvalue weighted by atomic mass is 10.00. The van der Waals surface area contributed by atoms with Crippen LogP contribution < -0.4 is 5.73 Å². The molecule has 0 aliphatic carbocycles. The van der Waals surface area contributed by atoms with E-state index in [1.54, 1.807) is 12.1 Å². The molecular formula is C16H17ClFNO. The van der Waals surface area contributed by atoms with Crippen LogP contribution >= 0.6 is 12.4 Å². The van der Waals surface area contributed by atoms with Crippen molar-refractivity contribution in [3.8, 4) is 11.1 Å². The predicted octanol–water partition coefficient (Wildman–Crippen LogP) is 3.37. The third-order valence-corrected chi connectivity index (χ3v) is 3.11. The van der Waals surface area contributed by atoms with Crippen LogP contribution in [0.3, 0.4) is 0 Å². The molecule has 0 aliphatic heterocycles. The first kappa shape index (κ1) is 16.3. The molecule has 0 aromatic heterocycles. The summed E-state index contributed by atoms with van der Waals surface area (Å²) in [5.74, 6) is -0.254. The van der Waals surface area contributed by atoms with Crippen LogP contribution in [0.4, 0.5) is 4.39 Å². The van der Waals surface area contributed by atoms with Crippen LogP contribution in [-0.2, 0) is 11.2 Å². The normalized spacial score (nSPS) is 11.6. The number of rotatable bonds is 4. The molecule has 2 aromatic carbocycles. The second kappa shape index (κ2) is 7.17. The molecule has 1 atom stereocenters. The topological polar surface area (TPSA) is 43.1 Å². The molecule has 0 fully saturated rings. The van der Waals surface area contributed by atoms with E-state index >= 15 is 0 Å². The Kier molecular flexibility index (Phi) is 5.86. The first-order valence-electron chi connectivity index (χ1n) is 6.17. The van der Waals surface area contributed by atoms with Crippen LogP contribution in [0.15, 0.2) is 48.5 Å². The van der Waals surface area contributed by atoms with Crippen molar-refractivity contribution in [3.05, 3.63) is 59.9 Å². The van der Waals surface area contributed by atoms with Gasteiger partial charge in [0.15, 0.2) is 0 Å². The second-order valence-electron chi connectivity index (χ2n) is 4.63. The zero-order valence-corrected chi connectivity index (χ0v) is 12.0. The zero-order valence-electron chi connectivity index (χ0n) is 11.2. The van der Waals surface area contributed by atoms with E-state index < -0.39 is 6.04 Å². The van der Waals surface area contributed by atoms with Gasteiger partial charge in [0.25, 0.3) is 0 Å². The quantitative estimate of drug-likeness (QED) is 0.939. The molecule has 0 heterocycles. The van der Waals surface area contributed by atoms with Crippen molar-refractivity contribution in [3.63, 3.8) is 0 Å². The summed E-state index contributed by atoms with van der Waals surface area (Å²) in [5.41, 5.74) is 8.72. The Morgan fingerprint density at radius 1 is 1.05 bits per heavy atom. The van der Waals surface area contributed by atoms with Crippen molar-refractivity contribution in [2.24, 2.45) is 5.73 Å². The fourth-order valence-electron chi connectivity index (χ4n) is 1.87. The summed E-state index contributed by atoms with van der Waals surface area (Å²) in [6, 6.07) is 13.7. The molecule has 0 saturated carbocycles. The lowest BCUT2D eigenvalue weighted by Crippen LogP contribution is -2.30. The molecule has 2 rings (SSSR count). The molecule has 0 radical (unpaired) electrons. The first-order chi connectivity index (χ1) is 9.06. The molecule has 0 bridgehead atoms. The second-order valence-corrected chi connectivity index (χ2v) is 4.63. The van der Waals surface area contributed by atoms with Crippen molar-refractivity contribution in [1.82, 2.24) is 0 Å². The van der Waals surface area contributed by atoms with Crippen LogP contribution in [0, 0.1) is 5.82 Å². The van der Waals surface area contributed by atoms with Gasteiger partial charge in [-0.3, -0.25) is 4.79 Å². The van der Waals surface area contributed by atoms with E-state index in [9.17, 15) is 9.18 Å². The molecule has 2 nitrogen and oxygen atoms in total. The van der Waals surface area contributed by atoms with Gasteiger partial charge in [-0.05, 0) is 42.2 Å². The Bertz CT molecular complexity index is 566. The van der Waals surface area contributed by atoms with E-state index in [1.807, 2.05) is 24.3 Å². The number of halogens is 2. The maximum atomic E-state index is 12.8. The number of Topliss-reactive ketones (excluding diaryl/α,β-unsaturated/α-hetero) is 1. The minimum Gasteiger partial charge on any atom is -0.321 e. The van der Waals surface area contributed by atoms with Crippen molar-refractivity contribution in [2.75, 3.05) is 0 Å². The number of nitrogens with two attached hydrogens (primary N) is 1. The highest BCUT2D eigenvalue weighted by Gasteiger charge is 2.08. The van der Waals surface area contributed by atoms with Gasteiger partial charge < -0.3 is 5.73 Å². The number of benzene rings is 2. The summed E-state index contributed by atoms with van der Waals surface area (Å²) < 4.78 is 12.8. The molecule has 20 heavy (non-hydrogen) atoms. The van der Waals surface area contributed by atoms with Gasteiger partial charge in [0.1, 0.15) is 11.6 Å². The molecule has 0 saturated heterocycles. The monoisotopic (exact) mass is 293 g/mol. The molecule has 106 valence electrons. The van der Waals surface area contributed by atoms with Crippen molar-refractivity contribution >= 4 is 18.2 Å². The summed E-state index contributed by atoms with van der Waals surface area (Å²) in [6.45, 7) is 1.50. The Balaban J connectivity index is 0.00000200. The number of carbonyl (C=O) groups excluding carboxylic acids is 1.